The van der Waals surface area contributed by atoms with E-state index in [1.165, 1.54) is 0 Å². The smallest absolute Gasteiger partial charge is 0.372 e. The Bertz CT molecular complexity index is 418. The minimum Gasteiger partial charge on any atom is -0.539 e. The lowest BCUT2D eigenvalue weighted by Crippen LogP contribution is -2.28. The summed E-state index contributed by atoms with van der Waals surface area (Å²) in [6.45, 7) is 8.23. The van der Waals surface area contributed by atoms with Gasteiger partial charge in [-0.05, 0) is 38.2 Å². The molecule has 0 saturated heterocycles. The molecule has 0 heterocycles. The Kier molecular flexibility index (Phi) is 5.16. The van der Waals surface area contributed by atoms with Gasteiger partial charge in [0.05, 0.1) is 6.61 Å². The number of rotatable bonds is 5. The highest BCUT2D eigenvalue weighted by atomic mass is 28.4. The molecule has 0 saturated carbocycles. The van der Waals surface area contributed by atoms with Gasteiger partial charge >= 0.3 is 5.97 Å². The van der Waals surface area contributed by atoms with Crippen LogP contribution in [-0.2, 0) is 14.0 Å². The van der Waals surface area contributed by atoms with Crippen molar-refractivity contribution in [1.29, 1.82) is 0 Å². The lowest BCUT2D eigenvalue weighted by Gasteiger charge is -2.20. The van der Waals surface area contributed by atoms with Gasteiger partial charge in [-0.25, -0.2) is 4.79 Å². The quantitative estimate of drug-likeness (QED) is 0.354. The van der Waals surface area contributed by atoms with E-state index in [1.807, 2.05) is 50.0 Å². The third-order valence-electron chi connectivity index (χ3n) is 1.99. The fourth-order valence-electron chi connectivity index (χ4n) is 1.36. The van der Waals surface area contributed by atoms with Crippen LogP contribution in [0.25, 0.3) is 6.08 Å². The predicted octanol–water partition coefficient (Wildman–Crippen LogP) is 3.44. The molecule has 0 N–H and O–H groups in total. The van der Waals surface area contributed by atoms with E-state index in [9.17, 15) is 4.79 Å². The summed E-state index contributed by atoms with van der Waals surface area (Å²) in [5, 5.41) is 0. The van der Waals surface area contributed by atoms with E-state index in [4.69, 9.17) is 9.16 Å². The van der Waals surface area contributed by atoms with Gasteiger partial charge < -0.3 is 9.16 Å². The molecule has 0 aliphatic heterocycles. The molecule has 0 aliphatic carbocycles. The second-order valence-corrected chi connectivity index (χ2v) is 9.28. The molecule has 18 heavy (non-hydrogen) atoms. The average Bonchev–Trinajstić information content (AvgIpc) is 2.28. The summed E-state index contributed by atoms with van der Waals surface area (Å²) in [5.41, 5.74) is 0.929. The van der Waals surface area contributed by atoms with Gasteiger partial charge in [-0.1, -0.05) is 30.3 Å². The van der Waals surface area contributed by atoms with E-state index >= 15 is 0 Å². The Morgan fingerprint density at radius 1 is 1.22 bits per heavy atom. The van der Waals surface area contributed by atoms with E-state index < -0.39 is 14.3 Å². The summed E-state index contributed by atoms with van der Waals surface area (Å²) < 4.78 is 10.8. The number of ether oxygens (including phenoxy) is 1. The molecule has 0 aromatic heterocycles. The van der Waals surface area contributed by atoms with Crippen molar-refractivity contribution in [3.05, 3.63) is 41.7 Å². The molecule has 3 nitrogen and oxygen atoms in total. The zero-order chi connectivity index (χ0) is 13.6. The summed E-state index contributed by atoms with van der Waals surface area (Å²) in [6, 6.07) is 9.62. The summed E-state index contributed by atoms with van der Waals surface area (Å²) in [7, 11) is -1.84. The van der Waals surface area contributed by atoms with Crippen LogP contribution in [0.1, 0.15) is 12.5 Å². The first kappa shape index (κ1) is 14.5. The number of esters is 1. The van der Waals surface area contributed by atoms with Gasteiger partial charge in [0.2, 0.25) is 8.32 Å². The average molecular weight is 264 g/mol. The minimum atomic E-state index is -1.84. The van der Waals surface area contributed by atoms with Crippen molar-refractivity contribution in [3.63, 3.8) is 0 Å². The topological polar surface area (TPSA) is 35.5 Å². The van der Waals surface area contributed by atoms with Gasteiger partial charge in [-0.2, -0.15) is 0 Å². The Hall–Kier alpha value is -1.55. The molecule has 0 atom stereocenters. The van der Waals surface area contributed by atoms with Crippen LogP contribution in [0.3, 0.4) is 0 Å². The van der Waals surface area contributed by atoms with E-state index in [1.54, 1.807) is 13.0 Å². The lowest BCUT2D eigenvalue weighted by molar-refractivity contribution is -0.141. The number of carbonyl (C=O) groups excluding carboxylic acids is 1. The number of hydrogen-bond donors (Lipinski definition) is 0. The minimum absolute atomic E-state index is 0.294. The Morgan fingerprint density at radius 3 is 2.33 bits per heavy atom. The normalized spacial score (nSPS) is 12.1. The second-order valence-electron chi connectivity index (χ2n) is 4.85. The first-order valence-electron chi connectivity index (χ1n) is 6.05. The molecule has 4 heteroatoms. The number of hydrogen-bond acceptors (Lipinski definition) is 3. The first-order chi connectivity index (χ1) is 8.42. The summed E-state index contributed by atoms with van der Waals surface area (Å²) >= 11 is 0. The third kappa shape index (κ3) is 5.18. The van der Waals surface area contributed by atoms with Crippen molar-refractivity contribution in [3.8, 4) is 0 Å². The van der Waals surface area contributed by atoms with Crippen molar-refractivity contribution in [2.75, 3.05) is 6.61 Å². The van der Waals surface area contributed by atoms with Gasteiger partial charge in [-0.15, -0.1) is 0 Å². The molecule has 0 bridgehead atoms. The molecule has 1 rings (SSSR count). The third-order valence-corrected chi connectivity index (χ3v) is 2.82. The maximum absolute atomic E-state index is 11.8. The largest absolute Gasteiger partial charge is 0.539 e. The first-order valence-corrected chi connectivity index (χ1v) is 9.46. The van der Waals surface area contributed by atoms with Gasteiger partial charge in [0.25, 0.3) is 0 Å². The highest BCUT2D eigenvalue weighted by molar-refractivity contribution is 6.70. The molecule has 0 radical (unpaired) electrons. The van der Waals surface area contributed by atoms with E-state index in [0.717, 1.165) is 5.56 Å². The van der Waals surface area contributed by atoms with E-state index in [0.29, 0.717) is 12.4 Å². The van der Waals surface area contributed by atoms with Gasteiger partial charge in [0.1, 0.15) is 0 Å². The predicted molar refractivity (Wildman–Crippen MR) is 75.5 cm³/mol. The molecule has 0 spiro atoms. The molecule has 1 aromatic rings. The number of benzene rings is 1. The van der Waals surface area contributed by atoms with Gasteiger partial charge in [0.15, 0.2) is 5.76 Å². The second kappa shape index (κ2) is 6.40. The number of carbonyl (C=O) groups is 1. The Labute approximate surface area is 110 Å². The fraction of sp³-hybridized carbons (Fsp3) is 0.357. The van der Waals surface area contributed by atoms with Crippen LogP contribution in [0, 0.1) is 0 Å². The molecule has 0 aliphatic rings. The van der Waals surface area contributed by atoms with Crippen LogP contribution in [0.2, 0.25) is 19.6 Å². The zero-order valence-corrected chi connectivity index (χ0v) is 12.4. The van der Waals surface area contributed by atoms with Crippen LogP contribution in [0.15, 0.2) is 36.1 Å². The van der Waals surface area contributed by atoms with Crippen LogP contribution < -0.4 is 0 Å². The molecule has 98 valence electrons. The fourth-order valence-corrected chi connectivity index (χ4v) is 2.16. The van der Waals surface area contributed by atoms with Crippen molar-refractivity contribution < 1.29 is 14.0 Å². The SMILES string of the molecule is CCOC(=O)C(=Cc1ccccc1)O[Si](C)(C)C. The van der Waals surface area contributed by atoms with Crippen LogP contribution in [0.4, 0.5) is 0 Å². The molecule has 0 unspecified atom stereocenters. The van der Waals surface area contributed by atoms with Crippen LogP contribution >= 0.6 is 0 Å². The van der Waals surface area contributed by atoms with Crippen molar-refractivity contribution in [1.82, 2.24) is 0 Å². The summed E-state index contributed by atoms with van der Waals surface area (Å²) in [4.78, 5) is 11.8. The van der Waals surface area contributed by atoms with E-state index in [-0.39, 0.29) is 0 Å². The summed E-state index contributed by atoms with van der Waals surface area (Å²) in [5.74, 6) is -0.106. The standard InChI is InChI=1S/C14H20O3Si/c1-5-16-14(15)13(17-18(2,3)4)11-12-9-7-6-8-10-12/h6-11H,5H2,1-4H3. The molecule has 0 amide bonds. The van der Waals surface area contributed by atoms with Crippen LogP contribution in [-0.4, -0.2) is 20.9 Å². The maximum atomic E-state index is 11.8. The lowest BCUT2D eigenvalue weighted by atomic mass is 10.2. The molecular weight excluding hydrogens is 244 g/mol. The molecule has 1 aromatic carbocycles. The van der Waals surface area contributed by atoms with Crippen LogP contribution in [0.5, 0.6) is 0 Å². The monoisotopic (exact) mass is 264 g/mol. The maximum Gasteiger partial charge on any atom is 0.372 e. The Morgan fingerprint density at radius 2 is 1.83 bits per heavy atom. The van der Waals surface area contributed by atoms with E-state index in [2.05, 4.69) is 0 Å². The zero-order valence-electron chi connectivity index (χ0n) is 11.4. The van der Waals surface area contributed by atoms with Gasteiger partial charge in [-0.3, -0.25) is 0 Å². The van der Waals surface area contributed by atoms with Gasteiger partial charge in [0, 0.05) is 0 Å². The molecular formula is C14H20O3Si. The van der Waals surface area contributed by atoms with Crippen molar-refractivity contribution >= 4 is 20.4 Å². The molecule has 0 fully saturated rings. The summed E-state index contributed by atoms with van der Waals surface area (Å²) in [6.07, 6.45) is 1.73. The highest BCUT2D eigenvalue weighted by Crippen LogP contribution is 2.15. The highest BCUT2D eigenvalue weighted by Gasteiger charge is 2.22. The van der Waals surface area contributed by atoms with Crippen molar-refractivity contribution in [2.24, 2.45) is 0 Å². The van der Waals surface area contributed by atoms with Crippen molar-refractivity contribution in [2.45, 2.75) is 26.6 Å². The Balaban J connectivity index is 2.97.